The fourth-order valence-corrected chi connectivity index (χ4v) is 5.06. The van der Waals surface area contributed by atoms with Gasteiger partial charge in [-0.1, -0.05) is 41.4 Å². The van der Waals surface area contributed by atoms with E-state index in [0.29, 0.717) is 44.3 Å². The Morgan fingerprint density at radius 1 is 0.956 bits per heavy atom. The molecule has 226 valence electrons. The molecule has 6 aromatic rings. The van der Waals surface area contributed by atoms with Crippen LogP contribution in [-0.2, 0) is 4.79 Å². The molecule has 2 heterocycles. The van der Waals surface area contributed by atoms with Gasteiger partial charge in [0.1, 0.15) is 11.3 Å². The first-order valence-electron chi connectivity index (χ1n) is 13.5. The van der Waals surface area contributed by atoms with Crippen LogP contribution in [0.2, 0.25) is 10.0 Å². The Bertz CT molecular complexity index is 2140. The maximum atomic E-state index is 13.7. The van der Waals surface area contributed by atoms with Crippen molar-refractivity contribution >= 4 is 62.9 Å². The lowest BCUT2D eigenvalue weighted by Gasteiger charge is -2.13. The van der Waals surface area contributed by atoms with Crippen molar-refractivity contribution in [3.63, 3.8) is 0 Å². The van der Waals surface area contributed by atoms with E-state index in [2.05, 4.69) is 10.4 Å². The summed E-state index contributed by atoms with van der Waals surface area (Å²) < 4.78 is 23.9. The molecule has 1 N–H and O–H groups in total. The van der Waals surface area contributed by atoms with Gasteiger partial charge in [0.05, 0.1) is 41.7 Å². The molecule has 1 amide bonds. The van der Waals surface area contributed by atoms with Gasteiger partial charge in [0.2, 0.25) is 5.82 Å². The van der Waals surface area contributed by atoms with Crippen LogP contribution in [0.25, 0.3) is 33.5 Å². The quantitative estimate of drug-likeness (QED) is 0.168. The van der Waals surface area contributed by atoms with Crippen LogP contribution in [0.15, 0.2) is 99.2 Å². The monoisotopic (exact) mass is 642 g/mol. The summed E-state index contributed by atoms with van der Waals surface area (Å²) in [5.74, 6) is 1.16. The molecule has 0 spiro atoms. The van der Waals surface area contributed by atoms with Gasteiger partial charge < -0.3 is 23.9 Å². The van der Waals surface area contributed by atoms with E-state index in [1.165, 1.54) is 18.0 Å². The van der Waals surface area contributed by atoms with E-state index in [1.807, 2.05) is 12.1 Å². The van der Waals surface area contributed by atoms with E-state index in [-0.39, 0.29) is 29.0 Å². The smallest absolute Gasteiger partial charge is 0.282 e. The van der Waals surface area contributed by atoms with Crippen molar-refractivity contribution in [3.8, 4) is 28.8 Å². The second-order valence-corrected chi connectivity index (χ2v) is 10.5. The summed E-state index contributed by atoms with van der Waals surface area (Å²) in [4.78, 5) is 30.8. The summed E-state index contributed by atoms with van der Waals surface area (Å²) in [6.45, 7) is -0.323. The summed E-state index contributed by atoms with van der Waals surface area (Å²) in [7, 11) is 3.01. The number of anilines is 1. The second-order valence-electron chi connectivity index (χ2n) is 9.67. The van der Waals surface area contributed by atoms with Crippen molar-refractivity contribution in [1.82, 2.24) is 9.66 Å². The number of nitrogens with one attached hydrogen (secondary N) is 1. The average Bonchev–Trinajstić information content (AvgIpc) is 3.49. The van der Waals surface area contributed by atoms with E-state index in [9.17, 15) is 9.59 Å². The van der Waals surface area contributed by atoms with Crippen molar-refractivity contribution in [2.75, 3.05) is 26.1 Å². The fraction of sp³-hybridized carbons (Fsp3) is 0.0909. The molecule has 0 bridgehead atoms. The molecular formula is C33H24Cl2N4O6. The van der Waals surface area contributed by atoms with Gasteiger partial charge >= 0.3 is 0 Å². The molecule has 0 aliphatic carbocycles. The standard InChI is InChI=1S/C33H24Cl2N4O6/c1-42-26-8-5-9-27-23(26)16-29(45-27)32-38-25-7-4-3-6-22(25)33(41)39(32)36-17-19-14-24(35)31(28(15-19)43-2)44-18-30(40)37-21-12-10-20(34)11-13-21/h3-17H,18H2,1-2H3,(H,37,40). The Morgan fingerprint density at radius 3 is 2.51 bits per heavy atom. The summed E-state index contributed by atoms with van der Waals surface area (Å²) in [5, 5.41) is 9.03. The highest BCUT2D eigenvalue weighted by Gasteiger charge is 2.19. The van der Waals surface area contributed by atoms with E-state index < -0.39 is 11.5 Å². The van der Waals surface area contributed by atoms with Gasteiger partial charge in [-0.3, -0.25) is 9.59 Å². The maximum absolute atomic E-state index is 13.7. The zero-order chi connectivity index (χ0) is 31.5. The molecule has 45 heavy (non-hydrogen) atoms. The first-order valence-corrected chi connectivity index (χ1v) is 14.3. The minimum absolute atomic E-state index is 0.170. The highest BCUT2D eigenvalue weighted by Crippen LogP contribution is 2.36. The first kappa shape index (κ1) is 29.7. The minimum Gasteiger partial charge on any atom is -0.496 e. The van der Waals surface area contributed by atoms with Crippen molar-refractivity contribution in [3.05, 3.63) is 111 Å². The number of fused-ring (bicyclic) bond motifs is 2. The molecular weight excluding hydrogens is 619 g/mol. The van der Waals surface area contributed by atoms with Gasteiger partial charge in [-0.25, -0.2) is 4.98 Å². The number of carbonyl (C=O) groups is 1. The number of nitrogens with zero attached hydrogens (tertiary/aromatic N) is 3. The SMILES string of the molecule is COc1cc(C=Nn2c(-c3cc4c(OC)cccc4o3)nc3ccccc3c2=O)cc(Cl)c1OCC(=O)Nc1ccc(Cl)cc1. The Kier molecular flexibility index (Phi) is 8.41. The Hall–Kier alpha value is -5.32. The molecule has 6 rings (SSSR count). The zero-order valence-electron chi connectivity index (χ0n) is 23.9. The number of methoxy groups -OCH3 is 2. The lowest BCUT2D eigenvalue weighted by Crippen LogP contribution is -2.20. The van der Waals surface area contributed by atoms with Crippen LogP contribution in [0, 0.1) is 0 Å². The number of amides is 1. The Morgan fingerprint density at radius 2 is 1.73 bits per heavy atom. The number of carbonyl (C=O) groups excluding carboxylic acids is 1. The molecule has 0 aliphatic rings. The molecule has 0 atom stereocenters. The summed E-state index contributed by atoms with van der Waals surface area (Å²) in [6.07, 6.45) is 1.44. The number of hydrogen-bond acceptors (Lipinski definition) is 8. The first-order chi connectivity index (χ1) is 21.8. The molecule has 0 unspecified atom stereocenters. The Balaban J connectivity index is 1.32. The molecule has 4 aromatic carbocycles. The number of furan rings is 1. The molecule has 12 heteroatoms. The molecule has 0 radical (unpaired) electrons. The molecule has 0 aliphatic heterocycles. The van der Waals surface area contributed by atoms with Crippen LogP contribution in [-0.4, -0.2) is 42.6 Å². The van der Waals surface area contributed by atoms with Gasteiger partial charge in [-0.15, -0.1) is 0 Å². The number of rotatable bonds is 9. The zero-order valence-corrected chi connectivity index (χ0v) is 25.4. The van der Waals surface area contributed by atoms with Gasteiger partial charge in [0, 0.05) is 10.7 Å². The number of halogens is 2. The molecule has 0 saturated carbocycles. The van der Waals surface area contributed by atoms with E-state index in [4.69, 9.17) is 46.8 Å². The van der Waals surface area contributed by atoms with E-state index in [0.717, 1.165) is 5.39 Å². The average molecular weight is 643 g/mol. The number of para-hydroxylation sites is 1. The third-order valence-electron chi connectivity index (χ3n) is 6.77. The minimum atomic E-state index is -0.403. The summed E-state index contributed by atoms with van der Waals surface area (Å²) in [6, 6.07) is 24.0. The number of hydrogen-bond donors (Lipinski definition) is 1. The Labute approximate surface area is 266 Å². The molecule has 2 aromatic heterocycles. The molecule has 0 saturated heterocycles. The maximum Gasteiger partial charge on any atom is 0.282 e. The van der Waals surface area contributed by atoms with Crippen LogP contribution >= 0.6 is 23.2 Å². The van der Waals surface area contributed by atoms with Crippen molar-refractivity contribution in [2.24, 2.45) is 5.10 Å². The topological polar surface area (TPSA) is 117 Å². The van der Waals surface area contributed by atoms with Crippen LogP contribution in [0.4, 0.5) is 5.69 Å². The second kappa shape index (κ2) is 12.7. The highest BCUT2D eigenvalue weighted by atomic mass is 35.5. The summed E-state index contributed by atoms with van der Waals surface area (Å²) in [5.41, 5.74) is 1.72. The van der Waals surface area contributed by atoms with Crippen molar-refractivity contribution < 1.29 is 23.4 Å². The molecule has 10 nitrogen and oxygen atoms in total. The predicted octanol–water partition coefficient (Wildman–Crippen LogP) is 7.03. The van der Waals surface area contributed by atoms with Gasteiger partial charge in [-0.05, 0) is 72.3 Å². The number of aromatic nitrogens is 2. The van der Waals surface area contributed by atoms with Crippen LogP contribution in [0.3, 0.4) is 0 Å². The molecule has 0 fully saturated rings. The van der Waals surface area contributed by atoms with Gasteiger partial charge in [0.25, 0.3) is 11.5 Å². The van der Waals surface area contributed by atoms with Crippen molar-refractivity contribution in [2.45, 2.75) is 0 Å². The third-order valence-corrected chi connectivity index (χ3v) is 7.30. The predicted molar refractivity (Wildman–Crippen MR) is 174 cm³/mol. The van der Waals surface area contributed by atoms with Crippen LogP contribution in [0.1, 0.15) is 5.56 Å². The third kappa shape index (κ3) is 6.19. The van der Waals surface area contributed by atoms with Gasteiger partial charge in [-0.2, -0.15) is 9.78 Å². The van der Waals surface area contributed by atoms with Crippen LogP contribution < -0.4 is 25.1 Å². The fourth-order valence-electron chi connectivity index (χ4n) is 4.66. The largest absolute Gasteiger partial charge is 0.496 e. The summed E-state index contributed by atoms with van der Waals surface area (Å²) >= 11 is 12.4. The lowest BCUT2D eigenvalue weighted by molar-refractivity contribution is -0.118. The van der Waals surface area contributed by atoms with E-state index in [1.54, 1.807) is 79.9 Å². The van der Waals surface area contributed by atoms with E-state index >= 15 is 0 Å². The highest BCUT2D eigenvalue weighted by molar-refractivity contribution is 6.32. The van der Waals surface area contributed by atoms with Gasteiger partial charge in [0.15, 0.2) is 23.9 Å². The lowest BCUT2D eigenvalue weighted by atomic mass is 10.2. The normalized spacial score (nSPS) is 11.3. The van der Waals surface area contributed by atoms with Crippen LogP contribution in [0.5, 0.6) is 17.2 Å². The number of ether oxygens (including phenoxy) is 3. The number of benzene rings is 4. The van der Waals surface area contributed by atoms with Crippen molar-refractivity contribution in [1.29, 1.82) is 0 Å².